The monoisotopic (exact) mass is 334 g/mol. The summed E-state index contributed by atoms with van der Waals surface area (Å²) in [4.78, 5) is 22.9. The first-order chi connectivity index (χ1) is 10.1. The second kappa shape index (κ2) is 7.05. The molecule has 4 nitrogen and oxygen atoms in total. The fourth-order valence-corrected chi connectivity index (χ4v) is 2.03. The topological polar surface area (TPSA) is 52.6 Å². The SMILES string of the molecule is COC(=O)c1cc(F)c(CCC(=O)OC(C)(C)C)c(Cl)c1F. The van der Waals surface area contributed by atoms with Crippen molar-refractivity contribution in [3.8, 4) is 0 Å². The van der Waals surface area contributed by atoms with Crippen LogP contribution in [0.2, 0.25) is 5.02 Å². The molecule has 7 heteroatoms. The highest BCUT2D eigenvalue weighted by molar-refractivity contribution is 6.32. The maximum atomic E-state index is 14.0. The highest BCUT2D eigenvalue weighted by atomic mass is 35.5. The van der Waals surface area contributed by atoms with Crippen LogP contribution in [0.3, 0.4) is 0 Å². The Balaban J connectivity index is 2.96. The first-order valence-corrected chi connectivity index (χ1v) is 6.91. The number of benzene rings is 1. The number of carbonyl (C=O) groups excluding carboxylic acids is 2. The van der Waals surface area contributed by atoms with Crippen molar-refractivity contribution in [2.75, 3.05) is 7.11 Å². The van der Waals surface area contributed by atoms with E-state index in [0.717, 1.165) is 7.11 Å². The molecule has 22 heavy (non-hydrogen) atoms. The summed E-state index contributed by atoms with van der Waals surface area (Å²) in [5.41, 5.74) is -1.44. The van der Waals surface area contributed by atoms with Gasteiger partial charge < -0.3 is 9.47 Å². The Labute approximate surface area is 132 Å². The summed E-state index contributed by atoms with van der Waals surface area (Å²) in [6.07, 6.45) is -0.303. The molecular formula is C15H17ClF2O4. The van der Waals surface area contributed by atoms with Gasteiger partial charge in [-0.15, -0.1) is 0 Å². The predicted octanol–water partition coefficient (Wildman–Crippen LogP) is 3.68. The molecule has 0 heterocycles. The van der Waals surface area contributed by atoms with E-state index < -0.39 is 39.8 Å². The Hall–Kier alpha value is -1.69. The molecule has 0 amide bonds. The molecule has 0 aliphatic carbocycles. The zero-order chi connectivity index (χ0) is 17.1. The van der Waals surface area contributed by atoms with Gasteiger partial charge in [-0.2, -0.15) is 0 Å². The molecule has 0 bridgehead atoms. The first kappa shape index (κ1) is 18.4. The lowest BCUT2D eigenvalue weighted by Gasteiger charge is -2.19. The van der Waals surface area contributed by atoms with E-state index in [4.69, 9.17) is 16.3 Å². The van der Waals surface area contributed by atoms with Crippen molar-refractivity contribution < 1.29 is 27.8 Å². The molecule has 0 saturated heterocycles. The van der Waals surface area contributed by atoms with Gasteiger partial charge in [0.15, 0.2) is 5.82 Å². The number of carbonyl (C=O) groups is 2. The fourth-order valence-electron chi connectivity index (χ4n) is 1.74. The molecule has 0 radical (unpaired) electrons. The van der Waals surface area contributed by atoms with Crippen LogP contribution in [-0.4, -0.2) is 24.6 Å². The van der Waals surface area contributed by atoms with E-state index in [1.54, 1.807) is 20.8 Å². The number of esters is 2. The molecule has 1 aromatic carbocycles. The van der Waals surface area contributed by atoms with Crippen LogP contribution in [-0.2, 0) is 20.7 Å². The maximum absolute atomic E-state index is 14.0. The van der Waals surface area contributed by atoms with E-state index in [1.165, 1.54) is 0 Å². The van der Waals surface area contributed by atoms with Gasteiger partial charge in [0.05, 0.1) is 17.7 Å². The molecule has 0 aliphatic heterocycles. The summed E-state index contributed by atoms with van der Waals surface area (Å²) < 4.78 is 37.3. The van der Waals surface area contributed by atoms with E-state index >= 15 is 0 Å². The van der Waals surface area contributed by atoms with Gasteiger partial charge in [0.2, 0.25) is 0 Å². The average Bonchev–Trinajstić information content (AvgIpc) is 2.39. The molecule has 0 atom stereocenters. The van der Waals surface area contributed by atoms with Gasteiger partial charge in [0.1, 0.15) is 11.4 Å². The van der Waals surface area contributed by atoms with Crippen molar-refractivity contribution in [3.05, 3.63) is 33.9 Å². The minimum Gasteiger partial charge on any atom is -0.465 e. The second-order valence-electron chi connectivity index (χ2n) is 5.59. The summed E-state index contributed by atoms with van der Waals surface area (Å²) >= 11 is 5.75. The minimum absolute atomic E-state index is 0.141. The summed E-state index contributed by atoms with van der Waals surface area (Å²) in [5.74, 6) is -3.54. The van der Waals surface area contributed by atoms with Crippen LogP contribution in [0.5, 0.6) is 0 Å². The van der Waals surface area contributed by atoms with Crippen LogP contribution in [0.4, 0.5) is 8.78 Å². The van der Waals surface area contributed by atoms with Gasteiger partial charge in [-0.3, -0.25) is 4.79 Å². The Morgan fingerprint density at radius 2 is 1.86 bits per heavy atom. The van der Waals surface area contributed by atoms with Crippen molar-refractivity contribution in [3.63, 3.8) is 0 Å². The molecule has 0 saturated carbocycles. The summed E-state index contributed by atoms with van der Waals surface area (Å²) in [5, 5.41) is -0.538. The second-order valence-corrected chi connectivity index (χ2v) is 5.97. The van der Waals surface area contributed by atoms with Crippen LogP contribution in [0, 0.1) is 11.6 Å². The van der Waals surface area contributed by atoms with Gasteiger partial charge in [-0.05, 0) is 33.3 Å². The zero-order valence-electron chi connectivity index (χ0n) is 12.8. The van der Waals surface area contributed by atoms with E-state index in [1.807, 2.05) is 0 Å². The van der Waals surface area contributed by atoms with Crippen LogP contribution in [0.15, 0.2) is 6.07 Å². The van der Waals surface area contributed by atoms with E-state index in [9.17, 15) is 18.4 Å². The van der Waals surface area contributed by atoms with E-state index in [-0.39, 0.29) is 18.4 Å². The summed E-state index contributed by atoms with van der Waals surface area (Å²) in [6, 6.07) is 0.706. The van der Waals surface area contributed by atoms with Crippen LogP contribution < -0.4 is 0 Å². The summed E-state index contributed by atoms with van der Waals surface area (Å²) in [6.45, 7) is 5.09. The predicted molar refractivity (Wildman–Crippen MR) is 76.9 cm³/mol. The lowest BCUT2D eigenvalue weighted by molar-refractivity contribution is -0.154. The molecule has 1 rings (SSSR count). The van der Waals surface area contributed by atoms with Gasteiger partial charge in [0.25, 0.3) is 0 Å². The van der Waals surface area contributed by atoms with Crippen molar-refractivity contribution >= 4 is 23.5 Å². The number of methoxy groups -OCH3 is 1. The Morgan fingerprint density at radius 3 is 2.36 bits per heavy atom. The van der Waals surface area contributed by atoms with Gasteiger partial charge in [-0.1, -0.05) is 11.6 Å². The number of hydrogen-bond acceptors (Lipinski definition) is 4. The zero-order valence-corrected chi connectivity index (χ0v) is 13.5. The van der Waals surface area contributed by atoms with Crippen LogP contribution >= 0.6 is 11.6 Å². The molecule has 0 aliphatic rings. The molecule has 0 unspecified atom stereocenters. The highest BCUT2D eigenvalue weighted by Gasteiger charge is 2.23. The molecule has 0 spiro atoms. The molecular weight excluding hydrogens is 318 g/mol. The largest absolute Gasteiger partial charge is 0.465 e. The van der Waals surface area contributed by atoms with Crippen molar-refractivity contribution in [1.29, 1.82) is 0 Å². The lowest BCUT2D eigenvalue weighted by atomic mass is 10.1. The van der Waals surface area contributed by atoms with Gasteiger partial charge in [-0.25, -0.2) is 13.6 Å². The standard InChI is InChI=1S/C15H17ClF2O4/c1-15(2,3)22-11(19)6-5-8-10(17)7-9(14(20)21-4)13(18)12(8)16/h7H,5-6H2,1-4H3. The van der Waals surface area contributed by atoms with E-state index in [2.05, 4.69) is 4.74 Å². The Kier molecular flexibility index (Phi) is 5.88. The van der Waals surface area contributed by atoms with Crippen LogP contribution in [0.25, 0.3) is 0 Å². The average molecular weight is 335 g/mol. The van der Waals surface area contributed by atoms with Crippen LogP contribution in [0.1, 0.15) is 43.1 Å². The van der Waals surface area contributed by atoms with Crippen molar-refractivity contribution in [1.82, 2.24) is 0 Å². The molecule has 1 aromatic rings. The molecule has 0 N–H and O–H groups in total. The lowest BCUT2D eigenvalue weighted by Crippen LogP contribution is -2.24. The third-order valence-corrected chi connectivity index (χ3v) is 3.05. The molecule has 122 valence electrons. The van der Waals surface area contributed by atoms with Crippen molar-refractivity contribution in [2.24, 2.45) is 0 Å². The Morgan fingerprint density at radius 1 is 1.27 bits per heavy atom. The summed E-state index contributed by atoms with van der Waals surface area (Å²) in [7, 11) is 1.05. The van der Waals surface area contributed by atoms with Gasteiger partial charge in [0, 0.05) is 12.0 Å². The first-order valence-electron chi connectivity index (χ1n) is 6.53. The highest BCUT2D eigenvalue weighted by Crippen LogP contribution is 2.28. The minimum atomic E-state index is -1.07. The maximum Gasteiger partial charge on any atom is 0.341 e. The Bertz CT molecular complexity index is 594. The molecule has 0 aromatic heterocycles. The molecule has 0 fully saturated rings. The smallest absolute Gasteiger partial charge is 0.341 e. The van der Waals surface area contributed by atoms with Crippen molar-refractivity contribution in [2.45, 2.75) is 39.2 Å². The van der Waals surface area contributed by atoms with E-state index in [0.29, 0.717) is 6.07 Å². The fraction of sp³-hybridized carbons (Fsp3) is 0.467. The third-order valence-electron chi connectivity index (χ3n) is 2.66. The normalized spacial score (nSPS) is 11.2. The number of ether oxygens (including phenoxy) is 2. The number of hydrogen-bond donors (Lipinski definition) is 0. The third kappa shape index (κ3) is 4.66. The van der Waals surface area contributed by atoms with Gasteiger partial charge >= 0.3 is 11.9 Å². The number of rotatable bonds is 4. The number of halogens is 3. The quantitative estimate of drug-likeness (QED) is 0.622.